The number of nitrogens with one attached hydrogen (secondary N) is 1. The van der Waals surface area contributed by atoms with Gasteiger partial charge in [-0.1, -0.05) is 6.92 Å². The average molecular weight is 444 g/mol. The number of hydrogen-bond donors (Lipinski definition) is 1. The van der Waals surface area contributed by atoms with Crippen molar-refractivity contribution in [1.29, 1.82) is 0 Å². The van der Waals surface area contributed by atoms with Crippen molar-refractivity contribution >= 4 is 21.6 Å². The fourth-order valence-corrected chi connectivity index (χ4v) is 4.43. The summed E-state index contributed by atoms with van der Waals surface area (Å²) in [4.78, 5) is 13.5. The zero-order valence-corrected chi connectivity index (χ0v) is 17.2. The number of aromatic nitrogens is 2. The van der Waals surface area contributed by atoms with Crippen LogP contribution < -0.4 is 9.62 Å². The first-order valence-electron chi connectivity index (χ1n) is 9.64. The van der Waals surface area contributed by atoms with E-state index in [9.17, 15) is 26.4 Å². The molecule has 1 N–H and O–H groups in total. The van der Waals surface area contributed by atoms with Crippen LogP contribution in [-0.2, 0) is 21.0 Å². The molecule has 1 fully saturated rings. The molecular formula is C19H23F3N4O3S. The number of alkyl halides is 3. The van der Waals surface area contributed by atoms with Gasteiger partial charge in [0.15, 0.2) is 5.69 Å². The fourth-order valence-electron chi connectivity index (χ4n) is 3.39. The van der Waals surface area contributed by atoms with Gasteiger partial charge in [0.05, 0.1) is 10.9 Å². The van der Waals surface area contributed by atoms with Gasteiger partial charge in [0.25, 0.3) is 0 Å². The third-order valence-corrected chi connectivity index (χ3v) is 6.52. The minimum atomic E-state index is -4.52. The Morgan fingerprint density at radius 2 is 1.90 bits per heavy atom. The summed E-state index contributed by atoms with van der Waals surface area (Å²) in [6.07, 6.45) is -1.21. The lowest BCUT2D eigenvalue weighted by Crippen LogP contribution is -2.27. The van der Waals surface area contributed by atoms with Crippen molar-refractivity contribution in [3.63, 3.8) is 0 Å². The van der Waals surface area contributed by atoms with Crippen LogP contribution in [0, 0.1) is 0 Å². The van der Waals surface area contributed by atoms with Crippen LogP contribution in [0.3, 0.4) is 0 Å². The molecule has 2 aromatic rings. The Morgan fingerprint density at radius 3 is 2.43 bits per heavy atom. The predicted octanol–water partition coefficient (Wildman–Crippen LogP) is 3.35. The third kappa shape index (κ3) is 5.01. The Morgan fingerprint density at radius 1 is 1.20 bits per heavy atom. The third-order valence-electron chi connectivity index (χ3n) is 5.05. The standard InChI is InChI=1S/C19H23F3N4O3S/c1-2-14(26-13-10-17(24-26)19(20,21)22)9-11-23-30(28,29)16-7-5-15(6-8-16)25-12-3-4-18(25)27/h5-8,10,13-14,23H,2-4,9,11-12H2,1H3. The van der Waals surface area contributed by atoms with Gasteiger partial charge in [-0.2, -0.15) is 18.3 Å². The van der Waals surface area contributed by atoms with E-state index >= 15 is 0 Å². The molecule has 30 heavy (non-hydrogen) atoms. The maximum Gasteiger partial charge on any atom is 0.435 e. The molecule has 1 aliphatic rings. The molecule has 1 aromatic carbocycles. The van der Waals surface area contributed by atoms with Gasteiger partial charge in [0.1, 0.15) is 0 Å². The highest BCUT2D eigenvalue weighted by molar-refractivity contribution is 7.89. The number of sulfonamides is 1. The number of hydrogen-bond acceptors (Lipinski definition) is 4. The maximum absolute atomic E-state index is 12.7. The second-order valence-electron chi connectivity index (χ2n) is 7.07. The van der Waals surface area contributed by atoms with Crippen molar-refractivity contribution in [2.24, 2.45) is 0 Å². The van der Waals surface area contributed by atoms with Crippen molar-refractivity contribution in [2.45, 2.75) is 49.7 Å². The molecule has 0 spiro atoms. The highest BCUT2D eigenvalue weighted by Crippen LogP contribution is 2.28. The highest BCUT2D eigenvalue weighted by atomic mass is 32.2. The van der Waals surface area contributed by atoms with Crippen LogP contribution >= 0.6 is 0 Å². The number of carbonyl (C=O) groups excluding carboxylic acids is 1. The molecule has 0 aliphatic carbocycles. The molecule has 164 valence electrons. The lowest BCUT2D eigenvalue weighted by atomic mass is 10.1. The lowest BCUT2D eigenvalue weighted by molar-refractivity contribution is -0.141. The number of nitrogens with zero attached hydrogens (tertiary/aromatic N) is 3. The van der Waals surface area contributed by atoms with Crippen LogP contribution in [0.4, 0.5) is 18.9 Å². The molecule has 3 rings (SSSR count). The second kappa shape index (κ2) is 8.76. The molecule has 1 atom stereocenters. The predicted molar refractivity (Wildman–Crippen MR) is 104 cm³/mol. The van der Waals surface area contributed by atoms with E-state index in [-0.39, 0.29) is 29.8 Å². The molecule has 0 saturated carbocycles. The van der Waals surface area contributed by atoms with Crippen molar-refractivity contribution in [3.8, 4) is 0 Å². The van der Waals surface area contributed by atoms with E-state index in [0.717, 1.165) is 12.5 Å². The first-order valence-corrected chi connectivity index (χ1v) is 11.1. The summed E-state index contributed by atoms with van der Waals surface area (Å²) in [6.45, 7) is 2.46. The minimum absolute atomic E-state index is 0.0154. The normalized spacial score (nSPS) is 16.3. The molecule has 0 bridgehead atoms. The molecule has 11 heteroatoms. The molecule has 1 aliphatic heterocycles. The molecular weight excluding hydrogens is 421 g/mol. The van der Waals surface area contributed by atoms with Crippen molar-refractivity contribution in [1.82, 2.24) is 14.5 Å². The van der Waals surface area contributed by atoms with Crippen LogP contribution in [0.1, 0.15) is 44.3 Å². The number of carbonyl (C=O) groups is 1. The maximum atomic E-state index is 12.7. The molecule has 2 heterocycles. The van der Waals surface area contributed by atoms with Crippen LogP contribution in [0.25, 0.3) is 0 Å². The van der Waals surface area contributed by atoms with E-state index in [0.29, 0.717) is 25.1 Å². The van der Waals surface area contributed by atoms with E-state index in [1.54, 1.807) is 24.0 Å². The van der Waals surface area contributed by atoms with Crippen LogP contribution in [0.15, 0.2) is 41.4 Å². The smallest absolute Gasteiger partial charge is 0.312 e. The number of benzene rings is 1. The van der Waals surface area contributed by atoms with Gasteiger partial charge in [-0.15, -0.1) is 0 Å². The Labute approximate surface area is 172 Å². The Balaban J connectivity index is 1.60. The number of halogens is 3. The average Bonchev–Trinajstić information content (AvgIpc) is 3.34. The quantitative estimate of drug-likeness (QED) is 0.677. The first-order chi connectivity index (χ1) is 14.1. The van der Waals surface area contributed by atoms with E-state index in [4.69, 9.17) is 0 Å². The Hall–Kier alpha value is -2.40. The highest BCUT2D eigenvalue weighted by Gasteiger charge is 2.34. The fraction of sp³-hybridized carbons (Fsp3) is 0.474. The summed E-state index contributed by atoms with van der Waals surface area (Å²) in [5.74, 6) is 0.0154. The summed E-state index contributed by atoms with van der Waals surface area (Å²) < 4.78 is 66.9. The number of anilines is 1. The molecule has 1 unspecified atom stereocenters. The largest absolute Gasteiger partial charge is 0.435 e. The zero-order valence-electron chi connectivity index (χ0n) is 16.4. The van der Waals surface area contributed by atoms with Crippen molar-refractivity contribution < 1.29 is 26.4 Å². The van der Waals surface area contributed by atoms with E-state index in [2.05, 4.69) is 9.82 Å². The first kappa shape index (κ1) is 22.3. The van der Waals surface area contributed by atoms with Gasteiger partial charge in [-0.05, 0) is 49.6 Å². The van der Waals surface area contributed by atoms with E-state index in [1.807, 2.05) is 0 Å². The van der Waals surface area contributed by atoms with E-state index < -0.39 is 21.9 Å². The van der Waals surface area contributed by atoms with Gasteiger partial charge in [0.2, 0.25) is 15.9 Å². The van der Waals surface area contributed by atoms with Crippen LogP contribution in [0.5, 0.6) is 0 Å². The van der Waals surface area contributed by atoms with Crippen molar-refractivity contribution in [3.05, 3.63) is 42.2 Å². The van der Waals surface area contributed by atoms with Gasteiger partial charge in [0, 0.05) is 31.4 Å². The minimum Gasteiger partial charge on any atom is -0.312 e. The molecule has 1 saturated heterocycles. The lowest BCUT2D eigenvalue weighted by Gasteiger charge is -2.17. The SMILES string of the molecule is CCC(CCNS(=O)(=O)c1ccc(N2CCCC2=O)cc1)n1ccc(C(F)(F)F)n1. The van der Waals surface area contributed by atoms with Gasteiger partial charge < -0.3 is 4.90 Å². The van der Waals surface area contributed by atoms with E-state index in [1.165, 1.54) is 23.0 Å². The van der Waals surface area contributed by atoms with Gasteiger partial charge in [-0.25, -0.2) is 13.1 Å². The van der Waals surface area contributed by atoms with Gasteiger partial charge >= 0.3 is 6.18 Å². The Kier molecular flexibility index (Phi) is 6.51. The molecule has 7 nitrogen and oxygen atoms in total. The topological polar surface area (TPSA) is 84.3 Å². The summed E-state index contributed by atoms with van der Waals surface area (Å²) in [6, 6.07) is 6.59. The summed E-state index contributed by atoms with van der Waals surface area (Å²) in [5.41, 5.74) is -0.320. The Bertz CT molecular complexity index is 987. The molecule has 0 radical (unpaired) electrons. The summed E-state index contributed by atoms with van der Waals surface area (Å²) in [5, 5.41) is 3.56. The van der Waals surface area contributed by atoms with Gasteiger partial charge in [-0.3, -0.25) is 9.48 Å². The second-order valence-corrected chi connectivity index (χ2v) is 8.84. The summed E-state index contributed by atoms with van der Waals surface area (Å²) >= 11 is 0. The molecule has 1 amide bonds. The molecule has 1 aromatic heterocycles. The zero-order chi connectivity index (χ0) is 21.9. The number of amides is 1. The summed E-state index contributed by atoms with van der Waals surface area (Å²) in [7, 11) is -3.78. The number of rotatable bonds is 8. The van der Waals surface area contributed by atoms with Crippen molar-refractivity contribution in [2.75, 3.05) is 18.0 Å². The van der Waals surface area contributed by atoms with Crippen LogP contribution in [-0.4, -0.2) is 37.2 Å². The van der Waals surface area contributed by atoms with Crippen LogP contribution in [0.2, 0.25) is 0 Å². The monoisotopic (exact) mass is 444 g/mol.